The van der Waals surface area contributed by atoms with Crippen molar-refractivity contribution < 1.29 is 51.3 Å². The van der Waals surface area contributed by atoms with Gasteiger partial charge in [0.25, 0.3) is 0 Å². The van der Waals surface area contributed by atoms with Crippen LogP contribution in [0.4, 0.5) is 0 Å². The van der Waals surface area contributed by atoms with Crippen molar-refractivity contribution in [1.82, 2.24) is 9.97 Å². The summed E-state index contributed by atoms with van der Waals surface area (Å²) in [4.78, 5) is 8.63. The first kappa shape index (κ1) is 38.2. The molecule has 0 saturated heterocycles. The van der Waals surface area contributed by atoms with E-state index < -0.39 is 34.0 Å². The van der Waals surface area contributed by atoms with Gasteiger partial charge in [-0.25, -0.2) is 0 Å². The van der Waals surface area contributed by atoms with Gasteiger partial charge in [-0.05, 0) is 68.6 Å². The maximum absolute atomic E-state index is 13.0. The molecule has 0 spiro atoms. The van der Waals surface area contributed by atoms with E-state index >= 15 is 0 Å². The Morgan fingerprint density at radius 3 is 1.54 bits per heavy atom. The molecule has 0 aliphatic rings. The molecule has 0 bridgehead atoms. The first-order valence-electron chi connectivity index (χ1n) is 13.5. The standard InChI is InChI=1S/C25H48N2O11P2S/c1-17(2)35-39(29,36-18(3)4)15-33-21(9)13-31-23-11-24(27-25(26-23)41-10)32-14-22(12-28)34-16-40(30,37-19(5)6)38-20(7)8/h11,17-22,28H,12-16H2,1-10H3/t21-,22-/m1/s1. The lowest BCUT2D eigenvalue weighted by atomic mass is 10.4. The summed E-state index contributed by atoms with van der Waals surface area (Å²) in [5, 5.41) is 10.2. The Bertz CT molecular complexity index is 957. The second kappa shape index (κ2) is 18.8. The van der Waals surface area contributed by atoms with Crippen LogP contribution in [0.15, 0.2) is 11.2 Å². The molecule has 0 aliphatic heterocycles. The summed E-state index contributed by atoms with van der Waals surface area (Å²) < 4.78 is 70.8. The number of hydrogen-bond donors (Lipinski definition) is 1. The van der Waals surface area contributed by atoms with Crippen molar-refractivity contribution in [3.05, 3.63) is 6.07 Å². The summed E-state index contributed by atoms with van der Waals surface area (Å²) in [6.45, 7) is 15.4. The molecule has 0 fully saturated rings. The van der Waals surface area contributed by atoms with E-state index in [1.807, 2.05) is 0 Å². The van der Waals surface area contributed by atoms with Crippen LogP contribution in [0.25, 0.3) is 0 Å². The summed E-state index contributed by atoms with van der Waals surface area (Å²) >= 11 is 1.29. The minimum absolute atomic E-state index is 0.0926. The average molecular weight is 647 g/mol. The second-order valence-electron chi connectivity index (χ2n) is 10.2. The van der Waals surface area contributed by atoms with Crippen molar-refractivity contribution in [2.45, 2.75) is 104 Å². The van der Waals surface area contributed by atoms with Gasteiger partial charge in [0.1, 0.15) is 32.0 Å². The van der Waals surface area contributed by atoms with E-state index in [4.69, 9.17) is 37.0 Å². The molecule has 1 aromatic rings. The van der Waals surface area contributed by atoms with Crippen molar-refractivity contribution in [3.8, 4) is 11.8 Å². The highest BCUT2D eigenvalue weighted by atomic mass is 32.2. The number of hydrogen-bond acceptors (Lipinski definition) is 14. The smallest absolute Gasteiger partial charge is 0.356 e. The highest BCUT2D eigenvalue weighted by Gasteiger charge is 2.30. The Morgan fingerprint density at radius 1 is 0.732 bits per heavy atom. The van der Waals surface area contributed by atoms with Crippen LogP contribution in [0, 0.1) is 0 Å². The van der Waals surface area contributed by atoms with Crippen LogP contribution in [0.1, 0.15) is 62.3 Å². The molecule has 16 heteroatoms. The zero-order valence-electron chi connectivity index (χ0n) is 25.8. The molecule has 0 saturated carbocycles. The van der Waals surface area contributed by atoms with Gasteiger partial charge in [0.15, 0.2) is 5.16 Å². The Kier molecular flexibility index (Phi) is 17.5. The van der Waals surface area contributed by atoms with Crippen LogP contribution >= 0.6 is 27.0 Å². The van der Waals surface area contributed by atoms with Gasteiger partial charge in [-0.3, -0.25) is 9.13 Å². The first-order valence-corrected chi connectivity index (χ1v) is 18.2. The van der Waals surface area contributed by atoms with Crippen LogP contribution in [-0.2, 0) is 36.7 Å². The van der Waals surface area contributed by atoms with Crippen LogP contribution < -0.4 is 9.47 Å². The van der Waals surface area contributed by atoms with Crippen molar-refractivity contribution >= 4 is 27.0 Å². The lowest BCUT2D eigenvalue weighted by molar-refractivity contribution is -0.00630. The van der Waals surface area contributed by atoms with Crippen LogP contribution in [0.3, 0.4) is 0 Å². The molecule has 0 aromatic carbocycles. The number of aliphatic hydroxyl groups excluding tert-OH is 1. The quantitative estimate of drug-likeness (QED) is 0.0925. The van der Waals surface area contributed by atoms with Gasteiger partial charge >= 0.3 is 15.2 Å². The molecular formula is C25H48N2O11P2S. The molecule has 240 valence electrons. The van der Waals surface area contributed by atoms with Gasteiger partial charge in [-0.15, -0.1) is 0 Å². The molecule has 1 aromatic heterocycles. The monoisotopic (exact) mass is 646 g/mol. The average Bonchev–Trinajstić information content (AvgIpc) is 2.84. The molecule has 1 N–H and O–H groups in total. The normalized spacial score (nSPS) is 14.3. The predicted molar refractivity (Wildman–Crippen MR) is 157 cm³/mol. The molecule has 1 rings (SSSR count). The van der Waals surface area contributed by atoms with Crippen molar-refractivity contribution in [3.63, 3.8) is 0 Å². The summed E-state index contributed by atoms with van der Waals surface area (Å²) in [5.41, 5.74) is 0. The fourth-order valence-electron chi connectivity index (χ4n) is 3.08. The van der Waals surface area contributed by atoms with E-state index in [0.717, 1.165) is 0 Å². The first-order chi connectivity index (χ1) is 19.1. The van der Waals surface area contributed by atoms with Crippen molar-refractivity contribution in [2.24, 2.45) is 0 Å². The molecule has 2 atom stereocenters. The maximum atomic E-state index is 13.0. The van der Waals surface area contributed by atoms with Crippen LogP contribution in [0.5, 0.6) is 11.8 Å². The molecular weight excluding hydrogens is 598 g/mol. The van der Waals surface area contributed by atoms with E-state index in [0.29, 0.717) is 5.16 Å². The molecule has 0 radical (unpaired) electrons. The highest BCUT2D eigenvalue weighted by molar-refractivity contribution is 7.98. The van der Waals surface area contributed by atoms with Gasteiger partial charge < -0.3 is 42.1 Å². The third-order valence-electron chi connectivity index (χ3n) is 4.40. The van der Waals surface area contributed by atoms with Gasteiger partial charge in [-0.1, -0.05) is 11.8 Å². The fraction of sp³-hybridized carbons (Fsp3) is 0.840. The Morgan fingerprint density at radius 2 is 1.15 bits per heavy atom. The summed E-state index contributed by atoms with van der Waals surface area (Å²) in [6, 6.07) is 1.49. The minimum Gasteiger partial charge on any atom is -0.475 e. The summed E-state index contributed by atoms with van der Waals surface area (Å²) in [6.07, 6.45) is -1.30. The lowest BCUT2D eigenvalue weighted by Gasteiger charge is -2.24. The minimum atomic E-state index is -3.55. The zero-order valence-corrected chi connectivity index (χ0v) is 28.4. The SMILES string of the molecule is CSc1nc(OC[C@@H](CO)OCP(=O)(OC(C)C)OC(C)C)cc(OC[C@@H](C)OCP(=O)(OC(C)C)OC(C)C)n1. The Hall–Kier alpha value is -0.790. The van der Waals surface area contributed by atoms with Gasteiger partial charge in [0.2, 0.25) is 11.8 Å². The fourth-order valence-corrected chi connectivity index (χ4v) is 7.18. The van der Waals surface area contributed by atoms with Crippen molar-refractivity contribution in [1.29, 1.82) is 0 Å². The molecule has 0 aliphatic carbocycles. The van der Waals surface area contributed by atoms with E-state index in [9.17, 15) is 14.2 Å². The number of aliphatic hydroxyl groups is 1. The number of thioether (sulfide) groups is 1. The topological polar surface area (TPSA) is 154 Å². The van der Waals surface area contributed by atoms with E-state index in [1.54, 1.807) is 68.6 Å². The molecule has 0 unspecified atom stereocenters. The summed E-state index contributed by atoms with van der Waals surface area (Å²) in [7, 11) is -6.99. The highest BCUT2D eigenvalue weighted by Crippen LogP contribution is 2.51. The van der Waals surface area contributed by atoms with Gasteiger partial charge in [-0.2, -0.15) is 9.97 Å². The maximum Gasteiger partial charge on any atom is 0.356 e. The molecule has 1 heterocycles. The van der Waals surface area contributed by atoms with Gasteiger partial charge in [0.05, 0.1) is 43.2 Å². The summed E-state index contributed by atoms with van der Waals surface area (Å²) in [5.74, 6) is 0.423. The number of ether oxygens (including phenoxy) is 4. The van der Waals surface area contributed by atoms with Gasteiger partial charge in [0, 0.05) is 0 Å². The second-order valence-corrected chi connectivity index (χ2v) is 14.8. The number of rotatable bonds is 22. The molecule has 41 heavy (non-hydrogen) atoms. The zero-order chi connectivity index (χ0) is 31.2. The van der Waals surface area contributed by atoms with Crippen molar-refractivity contribution in [2.75, 3.05) is 38.8 Å². The molecule has 13 nitrogen and oxygen atoms in total. The third-order valence-corrected chi connectivity index (χ3v) is 8.85. The largest absolute Gasteiger partial charge is 0.475 e. The third kappa shape index (κ3) is 16.6. The van der Waals surface area contributed by atoms with E-state index in [-0.39, 0.29) is 62.1 Å². The van der Waals surface area contributed by atoms with E-state index in [2.05, 4.69) is 9.97 Å². The van der Waals surface area contributed by atoms with Crippen LogP contribution in [-0.4, -0.2) is 90.5 Å². The molecule has 0 amide bonds. The predicted octanol–water partition coefficient (Wildman–Crippen LogP) is 5.74. The Labute approximate surface area is 248 Å². The lowest BCUT2D eigenvalue weighted by Crippen LogP contribution is -2.27. The number of nitrogens with zero attached hydrogens (tertiary/aromatic N) is 2. The number of aromatic nitrogens is 2. The Balaban J connectivity index is 2.77. The van der Waals surface area contributed by atoms with Crippen LogP contribution in [0.2, 0.25) is 0 Å². The van der Waals surface area contributed by atoms with E-state index in [1.165, 1.54) is 17.8 Å².